The van der Waals surface area contributed by atoms with Gasteiger partial charge in [0.05, 0.1) is 18.4 Å². The Labute approximate surface area is 208 Å². The highest BCUT2D eigenvalue weighted by Gasteiger charge is 2.15. The van der Waals surface area contributed by atoms with Crippen LogP contribution in [0.2, 0.25) is 5.02 Å². The molecular formula is C25H24ClN5O2S. The fraction of sp³-hybridized carbons (Fsp3) is 0.200. The molecule has 0 saturated heterocycles. The molecule has 0 aliphatic heterocycles. The number of rotatable bonds is 7. The van der Waals surface area contributed by atoms with Crippen molar-refractivity contribution >= 4 is 51.6 Å². The molecule has 9 heteroatoms. The van der Waals surface area contributed by atoms with Crippen LogP contribution in [0.25, 0.3) is 16.7 Å². The van der Waals surface area contributed by atoms with E-state index in [0.29, 0.717) is 27.5 Å². The van der Waals surface area contributed by atoms with Gasteiger partial charge < -0.3 is 10.1 Å². The molecule has 7 nitrogen and oxygen atoms in total. The molecule has 0 fully saturated rings. The number of benzene rings is 3. The summed E-state index contributed by atoms with van der Waals surface area (Å²) >= 11 is 11.3. The van der Waals surface area contributed by atoms with Gasteiger partial charge in [0.15, 0.2) is 5.11 Å². The number of thiocarbonyl (C=S) groups is 1. The van der Waals surface area contributed by atoms with Crippen LogP contribution in [0, 0.1) is 0 Å². The zero-order valence-corrected chi connectivity index (χ0v) is 20.4. The van der Waals surface area contributed by atoms with Crippen molar-refractivity contribution < 1.29 is 9.53 Å². The Kier molecular flexibility index (Phi) is 7.40. The molecule has 1 heterocycles. The molecule has 0 aliphatic carbocycles. The molecule has 0 saturated carbocycles. The summed E-state index contributed by atoms with van der Waals surface area (Å²) in [7, 11) is 1.49. The number of aromatic nitrogens is 3. The van der Waals surface area contributed by atoms with Crippen LogP contribution in [0.15, 0.2) is 60.7 Å². The van der Waals surface area contributed by atoms with Gasteiger partial charge >= 0.3 is 0 Å². The second-order valence-corrected chi connectivity index (χ2v) is 8.56. The molecule has 2 N–H and O–H groups in total. The van der Waals surface area contributed by atoms with Crippen LogP contribution in [0.1, 0.15) is 35.7 Å². The highest BCUT2D eigenvalue weighted by atomic mass is 35.5. The normalized spacial score (nSPS) is 10.8. The maximum Gasteiger partial charge on any atom is 0.261 e. The van der Waals surface area contributed by atoms with Gasteiger partial charge in [0.1, 0.15) is 16.8 Å². The van der Waals surface area contributed by atoms with Crippen LogP contribution >= 0.6 is 23.8 Å². The van der Waals surface area contributed by atoms with Crippen LogP contribution < -0.4 is 15.4 Å². The fourth-order valence-corrected chi connectivity index (χ4v) is 3.86. The molecule has 34 heavy (non-hydrogen) atoms. The van der Waals surface area contributed by atoms with E-state index in [4.69, 9.17) is 28.6 Å². The summed E-state index contributed by atoms with van der Waals surface area (Å²) in [5.41, 5.74) is 4.62. The summed E-state index contributed by atoms with van der Waals surface area (Å²) in [5, 5.41) is 15.4. The molecule has 3 aromatic carbocycles. The quantitative estimate of drug-likeness (QED) is 0.328. The number of fused-ring (bicyclic) bond motifs is 1. The van der Waals surface area contributed by atoms with Gasteiger partial charge in [0, 0.05) is 10.7 Å². The lowest BCUT2D eigenvalue weighted by Gasteiger charge is -2.12. The maximum absolute atomic E-state index is 12.6. The number of nitrogens with zero attached hydrogens (tertiary/aromatic N) is 3. The molecule has 1 amide bonds. The van der Waals surface area contributed by atoms with Gasteiger partial charge in [-0.2, -0.15) is 4.80 Å². The van der Waals surface area contributed by atoms with Crippen molar-refractivity contribution in [3.05, 3.63) is 76.8 Å². The van der Waals surface area contributed by atoms with Gasteiger partial charge in [0.25, 0.3) is 5.91 Å². The lowest BCUT2D eigenvalue weighted by Crippen LogP contribution is -2.34. The summed E-state index contributed by atoms with van der Waals surface area (Å²) in [4.78, 5) is 14.2. The van der Waals surface area contributed by atoms with Gasteiger partial charge in [-0.3, -0.25) is 10.1 Å². The van der Waals surface area contributed by atoms with E-state index in [2.05, 4.69) is 39.9 Å². The summed E-state index contributed by atoms with van der Waals surface area (Å²) in [6.45, 7) is 2.19. The van der Waals surface area contributed by atoms with Crippen molar-refractivity contribution in [2.45, 2.75) is 26.2 Å². The first-order valence-corrected chi connectivity index (χ1v) is 11.7. The fourth-order valence-electron chi connectivity index (χ4n) is 3.48. The number of nitrogens with one attached hydrogen (secondary N) is 2. The van der Waals surface area contributed by atoms with E-state index in [9.17, 15) is 4.79 Å². The minimum Gasteiger partial charge on any atom is -0.496 e. The SMILES string of the molecule is CCCCc1ccc(-n2nc3ccc(NC(=S)NC(=O)c4cc(Cl)ccc4OC)cc3n2)cc1. The first kappa shape index (κ1) is 23.7. The second kappa shape index (κ2) is 10.6. The molecule has 4 aromatic rings. The molecule has 0 atom stereocenters. The van der Waals surface area contributed by atoms with E-state index in [1.165, 1.54) is 31.6 Å². The number of hydrogen-bond acceptors (Lipinski definition) is 5. The lowest BCUT2D eigenvalue weighted by atomic mass is 10.1. The van der Waals surface area contributed by atoms with Crippen LogP contribution in [0.5, 0.6) is 5.75 Å². The van der Waals surface area contributed by atoms with E-state index in [1.54, 1.807) is 16.9 Å². The third-order valence-electron chi connectivity index (χ3n) is 5.26. The Morgan fingerprint density at radius 3 is 2.56 bits per heavy atom. The molecule has 0 bridgehead atoms. The Balaban J connectivity index is 1.45. The second-order valence-electron chi connectivity index (χ2n) is 7.72. The molecular weight excluding hydrogens is 470 g/mol. The minimum absolute atomic E-state index is 0.140. The van der Waals surface area contributed by atoms with E-state index < -0.39 is 5.91 Å². The molecule has 4 rings (SSSR count). The average molecular weight is 494 g/mol. The maximum atomic E-state index is 12.6. The molecule has 0 aliphatic rings. The van der Waals surface area contributed by atoms with Crippen molar-refractivity contribution in [2.24, 2.45) is 0 Å². The number of anilines is 1. The Bertz CT molecular complexity index is 1340. The third-order valence-corrected chi connectivity index (χ3v) is 5.70. The number of aryl methyl sites for hydroxylation is 1. The van der Waals surface area contributed by atoms with E-state index in [0.717, 1.165) is 17.6 Å². The molecule has 1 aromatic heterocycles. The number of ether oxygens (including phenoxy) is 1. The first-order chi connectivity index (χ1) is 16.5. The number of unbranched alkanes of at least 4 members (excludes halogenated alkanes) is 1. The Morgan fingerprint density at radius 1 is 1.06 bits per heavy atom. The lowest BCUT2D eigenvalue weighted by molar-refractivity contribution is 0.0975. The zero-order valence-electron chi connectivity index (χ0n) is 18.8. The Hall–Kier alpha value is -3.49. The predicted molar refractivity (Wildman–Crippen MR) is 139 cm³/mol. The monoisotopic (exact) mass is 493 g/mol. The van der Waals surface area contributed by atoms with Crippen molar-refractivity contribution in [3.63, 3.8) is 0 Å². The van der Waals surface area contributed by atoms with Gasteiger partial charge in [-0.1, -0.05) is 37.1 Å². The highest BCUT2D eigenvalue weighted by molar-refractivity contribution is 7.80. The minimum atomic E-state index is -0.425. The standard InChI is InChI=1S/C25H24ClN5O2S/c1-3-4-5-16-6-10-19(11-7-16)31-29-21-12-9-18(15-22(21)30-31)27-25(34)28-24(32)20-14-17(26)8-13-23(20)33-2/h6-15H,3-5H2,1-2H3,(H2,27,28,32,34). The van der Waals surface area contributed by atoms with Crippen LogP contribution in [-0.4, -0.2) is 33.1 Å². The largest absolute Gasteiger partial charge is 0.496 e. The van der Waals surface area contributed by atoms with E-state index in [-0.39, 0.29) is 5.11 Å². The molecule has 0 unspecified atom stereocenters. The number of amides is 1. The number of carbonyl (C=O) groups is 1. The first-order valence-electron chi connectivity index (χ1n) is 10.9. The van der Waals surface area contributed by atoms with Crippen LogP contribution in [0.3, 0.4) is 0 Å². The summed E-state index contributed by atoms with van der Waals surface area (Å²) < 4.78 is 5.23. The van der Waals surface area contributed by atoms with Crippen molar-refractivity contribution in [1.29, 1.82) is 0 Å². The van der Waals surface area contributed by atoms with Gasteiger partial charge in [-0.25, -0.2) is 0 Å². The summed E-state index contributed by atoms with van der Waals surface area (Å²) in [6, 6.07) is 18.6. The molecule has 0 radical (unpaired) electrons. The van der Waals surface area contributed by atoms with Crippen molar-refractivity contribution in [3.8, 4) is 11.4 Å². The van der Waals surface area contributed by atoms with Crippen LogP contribution in [0.4, 0.5) is 5.69 Å². The Morgan fingerprint density at radius 2 is 1.82 bits per heavy atom. The smallest absolute Gasteiger partial charge is 0.261 e. The zero-order chi connectivity index (χ0) is 24.1. The van der Waals surface area contributed by atoms with Crippen molar-refractivity contribution in [1.82, 2.24) is 20.3 Å². The molecule has 0 spiro atoms. The number of methoxy groups -OCH3 is 1. The predicted octanol–water partition coefficient (Wildman–Crippen LogP) is 5.55. The van der Waals surface area contributed by atoms with Crippen LogP contribution in [-0.2, 0) is 6.42 Å². The van der Waals surface area contributed by atoms with Gasteiger partial charge in [-0.15, -0.1) is 10.2 Å². The van der Waals surface area contributed by atoms with E-state index in [1.807, 2.05) is 30.3 Å². The summed E-state index contributed by atoms with van der Waals surface area (Å²) in [6.07, 6.45) is 3.42. The number of hydrogen-bond donors (Lipinski definition) is 2. The van der Waals surface area contributed by atoms with E-state index >= 15 is 0 Å². The number of halogens is 1. The average Bonchev–Trinajstić information content (AvgIpc) is 3.26. The van der Waals surface area contributed by atoms with Crippen molar-refractivity contribution in [2.75, 3.05) is 12.4 Å². The topological polar surface area (TPSA) is 81.1 Å². The van der Waals surface area contributed by atoms with Gasteiger partial charge in [-0.05, 0) is 79.2 Å². The summed E-state index contributed by atoms with van der Waals surface area (Å²) in [5.74, 6) is -0.0209. The van der Waals surface area contributed by atoms with Gasteiger partial charge in [0.2, 0.25) is 0 Å². The molecule has 174 valence electrons. The highest BCUT2D eigenvalue weighted by Crippen LogP contribution is 2.23. The number of carbonyl (C=O) groups excluding carboxylic acids is 1. The third kappa shape index (κ3) is 5.52.